The predicted octanol–water partition coefficient (Wildman–Crippen LogP) is 2.99. The summed E-state index contributed by atoms with van der Waals surface area (Å²) in [4.78, 5) is 38.1. The Hall–Kier alpha value is -2.41. The van der Waals surface area contributed by atoms with Gasteiger partial charge in [0.1, 0.15) is 0 Å². The molecule has 0 radical (unpaired) electrons. The lowest BCUT2D eigenvalue weighted by Crippen LogP contribution is -2.51. The molecule has 1 aliphatic carbocycles. The van der Waals surface area contributed by atoms with Gasteiger partial charge in [0, 0.05) is 24.3 Å². The van der Waals surface area contributed by atoms with Gasteiger partial charge in [0.15, 0.2) is 0 Å². The minimum Gasteiger partial charge on any atom is -0.352 e. The third kappa shape index (κ3) is 7.16. The van der Waals surface area contributed by atoms with E-state index in [0.29, 0.717) is 23.8 Å². The van der Waals surface area contributed by atoms with Crippen molar-refractivity contribution in [3.63, 3.8) is 0 Å². The molecule has 0 aliphatic heterocycles. The first-order valence-electron chi connectivity index (χ1n) is 10.5. The molecule has 1 saturated carbocycles. The highest BCUT2D eigenvalue weighted by atomic mass is 16.2. The summed E-state index contributed by atoms with van der Waals surface area (Å²) in [6, 6.07) is 6.79. The Balaban J connectivity index is 1.87. The first-order valence-corrected chi connectivity index (χ1v) is 10.5. The lowest BCUT2D eigenvalue weighted by molar-refractivity contribution is -0.128. The third-order valence-corrected chi connectivity index (χ3v) is 5.61. The van der Waals surface area contributed by atoms with Crippen molar-refractivity contribution in [2.45, 2.75) is 65.5 Å². The number of amides is 3. The Morgan fingerprint density at radius 2 is 1.66 bits per heavy atom. The molecule has 2 rings (SSSR count). The van der Waals surface area contributed by atoms with Crippen molar-refractivity contribution in [1.82, 2.24) is 10.2 Å². The van der Waals surface area contributed by atoms with Gasteiger partial charge < -0.3 is 16.0 Å². The highest BCUT2D eigenvalue weighted by molar-refractivity contribution is 5.93. The molecule has 1 aromatic carbocycles. The number of nitrogens with zero attached hydrogens (tertiary/aromatic N) is 1. The van der Waals surface area contributed by atoms with Crippen molar-refractivity contribution in [1.29, 1.82) is 0 Å². The number of carbonyl (C=O) groups excluding carboxylic acids is 3. The summed E-state index contributed by atoms with van der Waals surface area (Å²) in [5, 5.41) is 8.71. The highest BCUT2D eigenvalue weighted by Gasteiger charge is 2.27. The van der Waals surface area contributed by atoms with Crippen LogP contribution in [0.1, 0.15) is 53.4 Å². The second-order valence-electron chi connectivity index (χ2n) is 7.92. The summed E-state index contributed by atoms with van der Waals surface area (Å²) in [6.07, 6.45) is 4.57. The van der Waals surface area contributed by atoms with E-state index >= 15 is 0 Å². The number of hydrogen-bond acceptors (Lipinski definition) is 4. The van der Waals surface area contributed by atoms with E-state index in [2.05, 4.69) is 22.9 Å². The van der Waals surface area contributed by atoms with Gasteiger partial charge in [-0.25, -0.2) is 0 Å². The minimum absolute atomic E-state index is 0.0157. The van der Waals surface area contributed by atoms with Crippen LogP contribution in [0.2, 0.25) is 0 Å². The van der Waals surface area contributed by atoms with E-state index in [0.717, 1.165) is 19.3 Å². The lowest BCUT2D eigenvalue weighted by atomic mass is 9.86. The van der Waals surface area contributed by atoms with Crippen LogP contribution in [0, 0.1) is 5.92 Å². The Bertz CT molecular complexity index is 705. The average Bonchev–Trinajstić information content (AvgIpc) is 2.68. The fourth-order valence-corrected chi connectivity index (χ4v) is 3.75. The monoisotopic (exact) mass is 402 g/mol. The molecule has 3 atom stereocenters. The molecule has 1 aromatic rings. The fraction of sp³-hybridized carbons (Fsp3) is 0.591. The maximum absolute atomic E-state index is 12.7. The molecule has 0 saturated heterocycles. The largest absolute Gasteiger partial charge is 0.352 e. The molecule has 160 valence electrons. The molecule has 3 N–H and O–H groups in total. The van der Waals surface area contributed by atoms with Gasteiger partial charge in [0.2, 0.25) is 17.7 Å². The molecule has 7 nitrogen and oxygen atoms in total. The van der Waals surface area contributed by atoms with Crippen molar-refractivity contribution in [3.8, 4) is 0 Å². The number of benzene rings is 1. The van der Waals surface area contributed by atoms with E-state index in [-0.39, 0.29) is 36.3 Å². The molecule has 0 bridgehead atoms. The fourth-order valence-electron chi connectivity index (χ4n) is 3.75. The zero-order valence-electron chi connectivity index (χ0n) is 18.0. The van der Waals surface area contributed by atoms with E-state index in [4.69, 9.17) is 0 Å². The molecule has 0 aromatic heterocycles. The normalized spacial score (nSPS) is 20.0. The molecule has 29 heavy (non-hydrogen) atoms. The highest BCUT2D eigenvalue weighted by Crippen LogP contribution is 2.24. The summed E-state index contributed by atoms with van der Waals surface area (Å²) in [5.74, 6) is 0.164. The Kier molecular flexibility index (Phi) is 8.64. The standard InChI is InChI=1S/C22H34N4O3/c1-5-26(16(3)22(29)25-20-9-7-6-8-15(20)2)14-21(28)24-19-12-10-18(11-13-19)23-17(4)27/h10-13,15-16,20H,5-9,14H2,1-4H3,(H,23,27)(H,24,28)(H,25,29)/t15-,16-,20+/m0/s1. The number of nitrogens with one attached hydrogen (secondary N) is 3. The van der Waals surface area contributed by atoms with Crippen LogP contribution in [-0.2, 0) is 14.4 Å². The molecular weight excluding hydrogens is 368 g/mol. The summed E-state index contributed by atoms with van der Waals surface area (Å²) in [5.41, 5.74) is 1.32. The first-order chi connectivity index (χ1) is 13.8. The summed E-state index contributed by atoms with van der Waals surface area (Å²) in [7, 11) is 0. The van der Waals surface area contributed by atoms with Gasteiger partial charge in [-0.1, -0.05) is 26.7 Å². The SMILES string of the molecule is CCN(CC(=O)Nc1ccc(NC(C)=O)cc1)[C@@H](C)C(=O)N[C@@H]1CCCC[C@@H]1C. The maximum Gasteiger partial charge on any atom is 0.238 e. The molecule has 1 aliphatic rings. The number of hydrogen-bond donors (Lipinski definition) is 3. The van der Waals surface area contributed by atoms with Gasteiger partial charge in [-0.15, -0.1) is 0 Å². The zero-order valence-corrected chi connectivity index (χ0v) is 18.0. The van der Waals surface area contributed by atoms with Crippen molar-refractivity contribution < 1.29 is 14.4 Å². The van der Waals surface area contributed by atoms with Gasteiger partial charge in [0.25, 0.3) is 0 Å². The van der Waals surface area contributed by atoms with Gasteiger partial charge in [-0.05, 0) is 56.5 Å². The topological polar surface area (TPSA) is 90.5 Å². The van der Waals surface area contributed by atoms with E-state index in [9.17, 15) is 14.4 Å². The molecule has 1 fully saturated rings. The molecule has 0 spiro atoms. The Morgan fingerprint density at radius 3 is 2.21 bits per heavy atom. The van der Waals surface area contributed by atoms with Gasteiger partial charge >= 0.3 is 0 Å². The van der Waals surface area contributed by atoms with Crippen LogP contribution in [0.3, 0.4) is 0 Å². The van der Waals surface area contributed by atoms with E-state index in [1.54, 1.807) is 24.3 Å². The Labute approximate surface area is 173 Å². The summed E-state index contributed by atoms with van der Waals surface area (Å²) < 4.78 is 0. The number of carbonyl (C=O) groups is 3. The number of likely N-dealkylation sites (N-methyl/N-ethyl adjacent to an activating group) is 1. The molecule has 0 unspecified atom stereocenters. The van der Waals surface area contributed by atoms with Crippen molar-refractivity contribution in [3.05, 3.63) is 24.3 Å². The van der Waals surface area contributed by atoms with Crippen LogP contribution < -0.4 is 16.0 Å². The van der Waals surface area contributed by atoms with Gasteiger partial charge in [0.05, 0.1) is 12.6 Å². The Morgan fingerprint density at radius 1 is 1.07 bits per heavy atom. The smallest absolute Gasteiger partial charge is 0.238 e. The van der Waals surface area contributed by atoms with E-state index in [1.807, 2.05) is 18.7 Å². The third-order valence-electron chi connectivity index (χ3n) is 5.61. The quantitative estimate of drug-likeness (QED) is 0.623. The van der Waals surface area contributed by atoms with E-state index < -0.39 is 0 Å². The molecular formula is C22H34N4O3. The molecule has 3 amide bonds. The molecule has 0 heterocycles. The van der Waals surface area contributed by atoms with Crippen LogP contribution in [0.25, 0.3) is 0 Å². The van der Waals surface area contributed by atoms with Crippen molar-refractivity contribution >= 4 is 29.1 Å². The number of rotatable bonds is 8. The first kappa shape index (κ1) is 22.9. The summed E-state index contributed by atoms with van der Waals surface area (Å²) >= 11 is 0. The number of anilines is 2. The van der Waals surface area contributed by atoms with Gasteiger partial charge in [-0.3, -0.25) is 19.3 Å². The maximum atomic E-state index is 12.7. The second-order valence-corrected chi connectivity index (χ2v) is 7.92. The minimum atomic E-state index is -0.373. The van der Waals surface area contributed by atoms with Gasteiger partial charge in [-0.2, -0.15) is 0 Å². The van der Waals surface area contributed by atoms with Crippen molar-refractivity contribution in [2.24, 2.45) is 5.92 Å². The van der Waals surface area contributed by atoms with Crippen LogP contribution in [0.5, 0.6) is 0 Å². The summed E-state index contributed by atoms with van der Waals surface area (Å²) in [6.45, 7) is 8.17. The lowest BCUT2D eigenvalue weighted by Gasteiger charge is -2.33. The predicted molar refractivity (Wildman–Crippen MR) is 116 cm³/mol. The van der Waals surface area contributed by atoms with Crippen LogP contribution in [0.4, 0.5) is 11.4 Å². The average molecular weight is 403 g/mol. The van der Waals surface area contributed by atoms with Crippen molar-refractivity contribution in [2.75, 3.05) is 23.7 Å². The van der Waals surface area contributed by atoms with Crippen LogP contribution in [0.15, 0.2) is 24.3 Å². The van der Waals surface area contributed by atoms with Crippen LogP contribution >= 0.6 is 0 Å². The second kappa shape index (κ2) is 11.0. The van der Waals surface area contributed by atoms with Crippen LogP contribution in [-0.4, -0.2) is 47.8 Å². The zero-order chi connectivity index (χ0) is 21.4. The molecule has 7 heteroatoms. The van der Waals surface area contributed by atoms with E-state index in [1.165, 1.54) is 13.3 Å².